The molecule has 1 aromatic rings. The van der Waals surface area contributed by atoms with E-state index in [1.807, 2.05) is 0 Å². The molecule has 0 spiro atoms. The molecule has 0 fully saturated rings. The lowest BCUT2D eigenvalue weighted by molar-refractivity contribution is -0.683. The van der Waals surface area contributed by atoms with Gasteiger partial charge in [0.2, 0.25) is 10.4 Å². The fraction of sp³-hybridized carbons (Fsp3) is 0.444. The molecule has 0 N–H and O–H groups in total. The minimum absolute atomic E-state index is 0.808. The topological polar surface area (TPSA) is 70.3 Å². The van der Waals surface area contributed by atoms with E-state index in [1.54, 1.807) is 0 Å². The van der Waals surface area contributed by atoms with Crippen LogP contribution in [0.1, 0.15) is 11.4 Å². The van der Waals surface area contributed by atoms with Crippen molar-refractivity contribution in [2.24, 2.45) is 7.05 Å². The molecule has 0 bridgehead atoms. The van der Waals surface area contributed by atoms with Crippen LogP contribution in [0.25, 0.3) is 0 Å². The van der Waals surface area contributed by atoms with Crippen molar-refractivity contribution in [1.29, 1.82) is 0 Å². The Morgan fingerprint density at radius 3 is 1.80 bits per heavy atom. The molecular weight excluding hydrogens is 218 g/mol. The molecule has 0 aliphatic rings. The molecule has 6 heteroatoms. The highest BCUT2D eigenvalue weighted by molar-refractivity contribution is 7.80. The van der Waals surface area contributed by atoms with Crippen molar-refractivity contribution in [3.8, 4) is 0 Å². The molecule has 15 heavy (non-hydrogen) atoms. The summed E-state index contributed by atoms with van der Waals surface area (Å²) < 4.78 is 33.2. The fourth-order valence-electron chi connectivity index (χ4n) is 0.828. The predicted molar refractivity (Wildman–Crippen MR) is 53.8 cm³/mol. The first-order chi connectivity index (χ1) is 6.78. The summed E-state index contributed by atoms with van der Waals surface area (Å²) in [6, 6.07) is 6.28. The van der Waals surface area contributed by atoms with Crippen molar-refractivity contribution < 1.29 is 21.7 Å². The van der Waals surface area contributed by atoms with Crippen molar-refractivity contribution in [3.63, 3.8) is 0 Å². The van der Waals surface area contributed by atoms with Gasteiger partial charge in [-0.2, -0.15) is 0 Å². The van der Waals surface area contributed by atoms with Crippen molar-refractivity contribution in [3.05, 3.63) is 29.6 Å². The molecule has 0 radical (unpaired) electrons. The average molecular weight is 233 g/mol. The van der Waals surface area contributed by atoms with Gasteiger partial charge in [-0.3, -0.25) is 4.18 Å². The van der Waals surface area contributed by atoms with Crippen molar-refractivity contribution in [1.82, 2.24) is 0 Å². The molecule has 0 saturated heterocycles. The van der Waals surface area contributed by atoms with Crippen LogP contribution in [0.5, 0.6) is 0 Å². The van der Waals surface area contributed by atoms with E-state index in [9.17, 15) is 13.0 Å². The van der Waals surface area contributed by atoms with Crippen LogP contribution in [-0.2, 0) is 21.6 Å². The van der Waals surface area contributed by atoms with Gasteiger partial charge in [-0.1, -0.05) is 0 Å². The van der Waals surface area contributed by atoms with Crippen LogP contribution in [0.4, 0.5) is 0 Å². The Kier molecular flexibility index (Phi) is 5.41. The number of pyridine rings is 1. The Balaban J connectivity index is 0.000000288. The zero-order valence-corrected chi connectivity index (χ0v) is 10.0. The van der Waals surface area contributed by atoms with Crippen molar-refractivity contribution in [2.75, 3.05) is 7.11 Å². The summed E-state index contributed by atoms with van der Waals surface area (Å²) >= 11 is 0. The van der Waals surface area contributed by atoms with Crippen LogP contribution in [0.3, 0.4) is 0 Å². The van der Waals surface area contributed by atoms with Gasteiger partial charge in [0.05, 0.1) is 7.11 Å². The molecule has 86 valence electrons. The van der Waals surface area contributed by atoms with Gasteiger partial charge in [-0.25, -0.2) is 13.0 Å². The van der Waals surface area contributed by atoms with Crippen molar-refractivity contribution in [2.45, 2.75) is 13.8 Å². The van der Waals surface area contributed by atoms with E-state index in [1.165, 1.54) is 11.4 Å². The third-order valence-corrected chi connectivity index (χ3v) is 2.35. The third-order valence-electron chi connectivity index (χ3n) is 1.94. The zero-order valence-electron chi connectivity index (χ0n) is 9.22. The summed E-state index contributed by atoms with van der Waals surface area (Å²) in [6.07, 6.45) is 0. The summed E-state index contributed by atoms with van der Waals surface area (Å²) in [5, 5.41) is 0. The summed E-state index contributed by atoms with van der Waals surface area (Å²) in [7, 11) is -1.53. The van der Waals surface area contributed by atoms with Crippen LogP contribution >= 0.6 is 0 Å². The molecule has 1 rings (SSSR count). The van der Waals surface area contributed by atoms with Gasteiger partial charge in [0.1, 0.15) is 7.05 Å². The van der Waals surface area contributed by atoms with E-state index in [0.717, 1.165) is 7.11 Å². The largest absolute Gasteiger partial charge is 0.726 e. The van der Waals surface area contributed by atoms with Gasteiger partial charge in [0.25, 0.3) is 0 Å². The molecule has 0 amide bonds. The minimum Gasteiger partial charge on any atom is -0.726 e. The number of rotatable bonds is 1. The minimum atomic E-state index is -4.41. The Labute approximate surface area is 90.3 Å². The SMILES string of the molecule is COS(=O)(=O)[O-].Cc1cccc(C)[n+]1C. The quantitative estimate of drug-likeness (QED) is 0.395. The first-order valence-electron chi connectivity index (χ1n) is 4.21. The lowest BCUT2D eigenvalue weighted by Gasteiger charge is -1.98. The second-order valence-corrected chi connectivity index (χ2v) is 4.09. The second-order valence-electron chi connectivity index (χ2n) is 2.94. The third kappa shape index (κ3) is 6.16. The molecule has 0 aliphatic heterocycles. The molecule has 0 aliphatic carbocycles. The molecule has 1 heterocycles. The highest BCUT2D eigenvalue weighted by Crippen LogP contribution is 1.90. The molecule has 0 aromatic carbocycles. The van der Waals surface area contributed by atoms with Crippen LogP contribution in [-0.4, -0.2) is 20.1 Å². The first-order valence-corrected chi connectivity index (χ1v) is 5.55. The molecule has 0 atom stereocenters. The molecule has 0 saturated carbocycles. The first kappa shape index (κ1) is 14.0. The molecule has 5 nitrogen and oxygen atoms in total. The standard InChI is InChI=1S/C8H12N.CH4O4S/c1-7-5-4-6-8(2)9(7)3;1-5-6(2,3)4/h4-6H,1-3H3;1H3,(H,2,3,4)/q+1;/p-1. The monoisotopic (exact) mass is 233 g/mol. The van der Waals surface area contributed by atoms with E-state index in [2.05, 4.69) is 47.8 Å². The van der Waals surface area contributed by atoms with Crippen LogP contribution in [0.2, 0.25) is 0 Å². The van der Waals surface area contributed by atoms with Crippen LogP contribution in [0, 0.1) is 13.8 Å². The van der Waals surface area contributed by atoms with Gasteiger partial charge in [0.15, 0.2) is 11.4 Å². The summed E-state index contributed by atoms with van der Waals surface area (Å²) in [6.45, 7) is 4.21. The maximum absolute atomic E-state index is 9.22. The Morgan fingerprint density at radius 1 is 1.27 bits per heavy atom. The summed E-state index contributed by atoms with van der Waals surface area (Å²) in [5.74, 6) is 0. The maximum atomic E-state index is 9.22. The zero-order chi connectivity index (χ0) is 12.1. The predicted octanol–water partition coefficient (Wildman–Crippen LogP) is 0.221. The van der Waals surface area contributed by atoms with Crippen LogP contribution in [0.15, 0.2) is 18.2 Å². The second kappa shape index (κ2) is 5.79. The lowest BCUT2D eigenvalue weighted by atomic mass is 10.3. The van der Waals surface area contributed by atoms with Gasteiger partial charge in [-0.15, -0.1) is 0 Å². The fourth-order valence-corrected chi connectivity index (χ4v) is 0.828. The van der Waals surface area contributed by atoms with E-state index >= 15 is 0 Å². The van der Waals surface area contributed by atoms with Crippen LogP contribution < -0.4 is 4.57 Å². The summed E-state index contributed by atoms with van der Waals surface area (Å²) in [4.78, 5) is 0. The number of nitrogens with zero attached hydrogens (tertiary/aromatic N) is 1. The lowest BCUT2D eigenvalue weighted by Crippen LogP contribution is -2.34. The van der Waals surface area contributed by atoms with E-state index in [-0.39, 0.29) is 0 Å². The molecule has 0 unspecified atom stereocenters. The normalized spacial score (nSPS) is 10.5. The Hall–Kier alpha value is -0.980. The maximum Gasteiger partial charge on any atom is 0.217 e. The Bertz CT molecular complexity index is 394. The van der Waals surface area contributed by atoms with Gasteiger partial charge in [-0.05, 0) is 6.07 Å². The smallest absolute Gasteiger partial charge is 0.217 e. The van der Waals surface area contributed by atoms with E-state index < -0.39 is 10.4 Å². The Morgan fingerprint density at radius 2 is 1.60 bits per heavy atom. The summed E-state index contributed by atoms with van der Waals surface area (Å²) in [5.41, 5.74) is 2.60. The number of aromatic nitrogens is 1. The van der Waals surface area contributed by atoms with Gasteiger partial charge in [0, 0.05) is 26.0 Å². The number of hydrogen-bond acceptors (Lipinski definition) is 4. The number of hydrogen-bond donors (Lipinski definition) is 0. The molecule has 1 aromatic heterocycles. The number of aryl methyl sites for hydroxylation is 2. The van der Waals surface area contributed by atoms with E-state index in [0.29, 0.717) is 0 Å². The van der Waals surface area contributed by atoms with E-state index in [4.69, 9.17) is 0 Å². The van der Waals surface area contributed by atoms with Gasteiger partial charge >= 0.3 is 0 Å². The van der Waals surface area contributed by atoms with Gasteiger partial charge < -0.3 is 4.55 Å². The average Bonchev–Trinajstić information content (AvgIpc) is 2.14. The molecular formula is C9H15NO4S. The highest BCUT2D eigenvalue weighted by Gasteiger charge is 2.00. The highest BCUT2D eigenvalue weighted by atomic mass is 32.3. The van der Waals surface area contributed by atoms with Crippen molar-refractivity contribution >= 4 is 10.4 Å².